The fourth-order valence-corrected chi connectivity index (χ4v) is 0.745. The van der Waals surface area contributed by atoms with Crippen molar-refractivity contribution in [2.75, 3.05) is 33.7 Å². The molecule has 0 aliphatic carbocycles. The first-order valence-electron chi connectivity index (χ1n) is 6.46. The van der Waals surface area contributed by atoms with Gasteiger partial charge in [-0.2, -0.15) is 0 Å². The minimum atomic E-state index is 0.667. The summed E-state index contributed by atoms with van der Waals surface area (Å²) < 4.78 is 0. The van der Waals surface area contributed by atoms with Crippen LogP contribution in [0, 0.1) is 0 Å². The van der Waals surface area contributed by atoms with Crippen molar-refractivity contribution in [3.63, 3.8) is 0 Å². The van der Waals surface area contributed by atoms with Gasteiger partial charge < -0.3 is 9.80 Å². The molecule has 0 saturated carbocycles. The van der Waals surface area contributed by atoms with Gasteiger partial charge in [0.25, 0.3) is 0 Å². The smallest absolute Gasteiger partial charge is 0.0109 e. The van der Waals surface area contributed by atoms with Crippen LogP contribution in [0.5, 0.6) is 0 Å². The van der Waals surface area contributed by atoms with Gasteiger partial charge in [0.2, 0.25) is 0 Å². The highest BCUT2D eigenvalue weighted by molar-refractivity contribution is 4.58. The van der Waals surface area contributed by atoms with Gasteiger partial charge >= 0.3 is 0 Å². The summed E-state index contributed by atoms with van der Waals surface area (Å²) in [4.78, 5) is 4.70. The van der Waals surface area contributed by atoms with Crippen molar-refractivity contribution < 1.29 is 0 Å². The Kier molecular flexibility index (Phi) is 22.2. The highest BCUT2D eigenvalue weighted by Crippen LogP contribution is 1.92. The molecule has 0 N–H and O–H groups in total. The van der Waals surface area contributed by atoms with Crippen LogP contribution in [0.1, 0.15) is 48.5 Å². The predicted octanol–water partition coefficient (Wildman–Crippen LogP) is 3.33. The van der Waals surface area contributed by atoms with Crippen molar-refractivity contribution in [1.82, 2.24) is 9.80 Å². The van der Waals surface area contributed by atoms with Gasteiger partial charge in [-0.1, -0.05) is 34.6 Å². The maximum Gasteiger partial charge on any atom is 0.0109 e. The second-order valence-corrected chi connectivity index (χ2v) is 3.47. The van der Waals surface area contributed by atoms with Crippen molar-refractivity contribution in [2.24, 2.45) is 0 Å². The van der Waals surface area contributed by atoms with Crippen LogP contribution in [0.2, 0.25) is 0 Å². The predicted molar refractivity (Wildman–Crippen MR) is 73.6 cm³/mol. The topological polar surface area (TPSA) is 6.48 Å². The van der Waals surface area contributed by atoms with Gasteiger partial charge in [-0.25, -0.2) is 0 Å². The van der Waals surface area contributed by atoms with Gasteiger partial charge in [0, 0.05) is 19.1 Å². The van der Waals surface area contributed by atoms with Crippen molar-refractivity contribution in [1.29, 1.82) is 0 Å². The van der Waals surface area contributed by atoms with Gasteiger partial charge in [-0.3, -0.25) is 0 Å². The molecule has 0 aromatic heterocycles. The summed E-state index contributed by atoms with van der Waals surface area (Å²) in [5.41, 5.74) is 0. The fraction of sp³-hybridized carbons (Fsp3) is 1.00. The highest BCUT2D eigenvalue weighted by atomic mass is 15.2. The van der Waals surface area contributed by atoms with E-state index in [0.29, 0.717) is 6.04 Å². The molecule has 0 aliphatic rings. The molecule has 0 aliphatic heterocycles. The Bertz CT molecular complexity index is 92.5. The monoisotopic (exact) mass is 218 g/mol. The maximum absolute atomic E-state index is 2.37. The normalized spacial score (nSPS) is 9.60. The Labute approximate surface area is 98.6 Å². The molecule has 0 aromatic carbocycles. The second kappa shape index (κ2) is 16.4. The standard InChI is InChI=1S/C9H22N2.2C2H6/c1-6-10(4)7-8-11(5)9(2)3;2*1-2/h9H,6-8H2,1-5H3;2*1-2H3. The first kappa shape index (κ1) is 20.3. The summed E-state index contributed by atoms with van der Waals surface area (Å²) in [6, 6.07) is 0.667. The van der Waals surface area contributed by atoms with Crippen LogP contribution in [0.15, 0.2) is 0 Å². The van der Waals surface area contributed by atoms with E-state index in [1.807, 2.05) is 27.7 Å². The van der Waals surface area contributed by atoms with Gasteiger partial charge in [0.15, 0.2) is 0 Å². The molecule has 0 radical (unpaired) electrons. The Morgan fingerprint density at radius 2 is 1.27 bits per heavy atom. The average molecular weight is 218 g/mol. The molecule has 0 fully saturated rings. The third-order valence-electron chi connectivity index (χ3n) is 2.26. The van der Waals surface area contributed by atoms with E-state index in [4.69, 9.17) is 0 Å². The minimum Gasteiger partial charge on any atom is -0.305 e. The van der Waals surface area contributed by atoms with E-state index < -0.39 is 0 Å². The first-order valence-corrected chi connectivity index (χ1v) is 6.46. The Morgan fingerprint density at radius 1 is 0.867 bits per heavy atom. The van der Waals surface area contributed by atoms with E-state index in [1.54, 1.807) is 0 Å². The van der Waals surface area contributed by atoms with Crippen molar-refractivity contribution in [2.45, 2.75) is 54.5 Å². The zero-order valence-corrected chi connectivity index (χ0v) is 12.6. The van der Waals surface area contributed by atoms with E-state index in [1.165, 1.54) is 13.1 Å². The fourth-order valence-electron chi connectivity index (χ4n) is 0.745. The van der Waals surface area contributed by atoms with Gasteiger partial charge in [-0.15, -0.1) is 0 Å². The molecule has 0 saturated heterocycles. The zero-order valence-electron chi connectivity index (χ0n) is 12.6. The summed E-state index contributed by atoms with van der Waals surface area (Å²) in [6.45, 7) is 18.1. The highest BCUT2D eigenvalue weighted by Gasteiger charge is 2.02. The zero-order chi connectivity index (χ0) is 12.9. The van der Waals surface area contributed by atoms with Crippen LogP contribution in [-0.4, -0.2) is 49.6 Å². The summed E-state index contributed by atoms with van der Waals surface area (Å²) in [5.74, 6) is 0. The summed E-state index contributed by atoms with van der Waals surface area (Å²) in [7, 11) is 4.34. The summed E-state index contributed by atoms with van der Waals surface area (Å²) in [5, 5.41) is 0. The van der Waals surface area contributed by atoms with Crippen LogP contribution in [0.4, 0.5) is 0 Å². The van der Waals surface area contributed by atoms with E-state index in [0.717, 1.165) is 6.54 Å². The molecule has 0 aromatic rings. The first-order chi connectivity index (χ1) is 7.07. The number of likely N-dealkylation sites (N-methyl/N-ethyl adjacent to an activating group) is 2. The molecular weight excluding hydrogens is 184 g/mol. The van der Waals surface area contributed by atoms with Crippen LogP contribution < -0.4 is 0 Å². The molecule has 2 nitrogen and oxygen atoms in total. The van der Waals surface area contributed by atoms with E-state index >= 15 is 0 Å². The lowest BCUT2D eigenvalue weighted by Gasteiger charge is -2.23. The lowest BCUT2D eigenvalue weighted by atomic mass is 10.3. The van der Waals surface area contributed by atoms with Crippen LogP contribution >= 0.6 is 0 Å². The summed E-state index contributed by atoms with van der Waals surface area (Å²) in [6.07, 6.45) is 0. The van der Waals surface area contributed by atoms with Crippen molar-refractivity contribution in [3.8, 4) is 0 Å². The van der Waals surface area contributed by atoms with Crippen LogP contribution in [0.3, 0.4) is 0 Å². The van der Waals surface area contributed by atoms with E-state index in [9.17, 15) is 0 Å². The minimum absolute atomic E-state index is 0.667. The average Bonchev–Trinajstić information content (AvgIpc) is 2.30. The molecule has 15 heavy (non-hydrogen) atoms. The summed E-state index contributed by atoms with van der Waals surface area (Å²) >= 11 is 0. The molecule has 0 rings (SSSR count). The largest absolute Gasteiger partial charge is 0.305 e. The molecular formula is C13H34N2. The Hall–Kier alpha value is -0.0800. The maximum atomic E-state index is 2.37. The van der Waals surface area contributed by atoms with Crippen LogP contribution in [0.25, 0.3) is 0 Å². The SMILES string of the molecule is CC.CC.CCN(C)CCN(C)C(C)C. The molecule has 0 amide bonds. The van der Waals surface area contributed by atoms with Crippen LogP contribution in [-0.2, 0) is 0 Å². The number of nitrogens with zero attached hydrogens (tertiary/aromatic N) is 2. The lowest BCUT2D eigenvalue weighted by Crippen LogP contribution is -2.34. The molecule has 0 spiro atoms. The molecule has 0 bridgehead atoms. The molecule has 0 unspecified atom stereocenters. The van der Waals surface area contributed by atoms with Gasteiger partial charge in [-0.05, 0) is 34.5 Å². The van der Waals surface area contributed by atoms with Crippen molar-refractivity contribution in [3.05, 3.63) is 0 Å². The van der Waals surface area contributed by atoms with Crippen molar-refractivity contribution >= 4 is 0 Å². The number of rotatable bonds is 5. The molecule has 2 heteroatoms. The lowest BCUT2D eigenvalue weighted by molar-refractivity contribution is 0.229. The number of hydrogen-bond acceptors (Lipinski definition) is 2. The third kappa shape index (κ3) is 16.6. The molecule has 0 heterocycles. The number of hydrogen-bond donors (Lipinski definition) is 0. The molecule has 0 atom stereocenters. The Balaban J connectivity index is -0.000000318. The quantitative estimate of drug-likeness (QED) is 0.698. The Morgan fingerprint density at radius 3 is 1.53 bits per heavy atom. The third-order valence-corrected chi connectivity index (χ3v) is 2.26. The van der Waals surface area contributed by atoms with Gasteiger partial charge in [0.05, 0.1) is 0 Å². The van der Waals surface area contributed by atoms with E-state index in [-0.39, 0.29) is 0 Å². The second-order valence-electron chi connectivity index (χ2n) is 3.47. The van der Waals surface area contributed by atoms with E-state index in [2.05, 4.69) is 44.7 Å². The molecule has 96 valence electrons. The van der Waals surface area contributed by atoms with Gasteiger partial charge in [0.1, 0.15) is 0 Å².